The lowest BCUT2D eigenvalue weighted by Gasteiger charge is -2.27. The molecule has 1 fully saturated rings. The Kier molecular flexibility index (Phi) is 11.5. The van der Waals surface area contributed by atoms with Gasteiger partial charge in [0.2, 0.25) is 5.91 Å². The minimum absolute atomic E-state index is 0.0198. The molecule has 0 aromatic heterocycles. The number of likely N-dealkylation sites (N-methyl/N-ethyl adjacent to an activating group) is 1. The van der Waals surface area contributed by atoms with Gasteiger partial charge in [0.25, 0.3) is 5.91 Å². The van der Waals surface area contributed by atoms with Gasteiger partial charge in [-0.3, -0.25) is 24.0 Å². The zero-order valence-electron chi connectivity index (χ0n) is 21.0. The Morgan fingerprint density at radius 3 is 2.56 bits per heavy atom. The molecule has 0 bridgehead atoms. The molecule has 1 saturated heterocycles. The number of nitrogens with one attached hydrogen (secondary N) is 2. The van der Waals surface area contributed by atoms with E-state index in [2.05, 4.69) is 15.4 Å². The number of rotatable bonds is 12. The molecule has 0 radical (unpaired) electrons. The van der Waals surface area contributed by atoms with Gasteiger partial charge in [-0.2, -0.15) is 0 Å². The monoisotopic (exact) mass is 543 g/mol. The number of halogens is 2. The standard InChI is InChI=1S/C23H32BCl2N3O7/c1-13(2)8-19(28-20(30)10-27-21(31)16-9-15(25)6-7-17(16)26)24-29(4)18(23(33)36-24)12-35-11-14(3)22(32)34-5/h6-7,9,13-14,18-19H,8,10-12H2,1-5H3,(H,27,31)(H,28,30)/t14-,18+,19-/m0/s1. The van der Waals surface area contributed by atoms with Crippen LogP contribution < -0.4 is 10.6 Å². The number of esters is 1. The third kappa shape index (κ3) is 8.36. The fourth-order valence-electron chi connectivity index (χ4n) is 3.74. The number of hydrogen-bond donors (Lipinski definition) is 2. The molecular weight excluding hydrogens is 512 g/mol. The van der Waals surface area contributed by atoms with Crippen molar-refractivity contribution in [3.63, 3.8) is 0 Å². The van der Waals surface area contributed by atoms with Crippen LogP contribution in [0.5, 0.6) is 0 Å². The third-order valence-corrected chi connectivity index (χ3v) is 6.21. The lowest BCUT2D eigenvalue weighted by atomic mass is 9.68. The SMILES string of the molecule is COC(=O)[C@@H](C)COC[C@@H]1C(=O)OB([C@H](CC(C)C)NC(=O)CNC(=O)c2cc(Cl)ccc2Cl)N1C. The van der Waals surface area contributed by atoms with E-state index in [0.717, 1.165) is 0 Å². The average Bonchev–Trinajstić information content (AvgIpc) is 3.11. The highest BCUT2D eigenvalue weighted by molar-refractivity contribution is 6.55. The summed E-state index contributed by atoms with van der Waals surface area (Å²) < 4.78 is 15.8. The van der Waals surface area contributed by atoms with Crippen LogP contribution in [0.2, 0.25) is 10.0 Å². The zero-order valence-corrected chi connectivity index (χ0v) is 22.5. The van der Waals surface area contributed by atoms with E-state index in [-0.39, 0.29) is 36.3 Å². The van der Waals surface area contributed by atoms with E-state index >= 15 is 0 Å². The largest absolute Gasteiger partial charge is 0.517 e. The van der Waals surface area contributed by atoms with Crippen molar-refractivity contribution in [2.45, 2.75) is 39.2 Å². The summed E-state index contributed by atoms with van der Waals surface area (Å²) in [5, 5.41) is 5.94. The van der Waals surface area contributed by atoms with Crippen LogP contribution in [0, 0.1) is 11.8 Å². The van der Waals surface area contributed by atoms with Crippen LogP contribution >= 0.6 is 23.2 Å². The second-order valence-electron chi connectivity index (χ2n) is 9.08. The number of carbonyl (C=O) groups excluding carboxylic acids is 4. The predicted molar refractivity (Wildman–Crippen MR) is 136 cm³/mol. The van der Waals surface area contributed by atoms with E-state index in [0.29, 0.717) is 11.4 Å². The van der Waals surface area contributed by atoms with E-state index in [1.54, 1.807) is 24.8 Å². The van der Waals surface area contributed by atoms with Gasteiger partial charge in [0, 0.05) is 5.02 Å². The number of hydrogen-bond acceptors (Lipinski definition) is 8. The van der Waals surface area contributed by atoms with Crippen LogP contribution in [-0.2, 0) is 28.5 Å². The van der Waals surface area contributed by atoms with Gasteiger partial charge in [-0.05, 0) is 44.5 Å². The van der Waals surface area contributed by atoms with Gasteiger partial charge >= 0.3 is 19.0 Å². The molecule has 36 heavy (non-hydrogen) atoms. The Bertz CT molecular complexity index is 966. The fraction of sp³-hybridized carbons (Fsp3) is 0.565. The second kappa shape index (κ2) is 13.8. The maximum atomic E-state index is 12.7. The first-order valence-electron chi connectivity index (χ1n) is 11.5. The Morgan fingerprint density at radius 1 is 1.22 bits per heavy atom. The molecule has 0 spiro atoms. The van der Waals surface area contributed by atoms with E-state index in [4.69, 9.17) is 32.6 Å². The molecule has 1 aromatic rings. The first-order chi connectivity index (χ1) is 16.9. The fourth-order valence-corrected chi connectivity index (χ4v) is 4.12. The molecule has 0 saturated carbocycles. The lowest BCUT2D eigenvalue weighted by molar-refractivity contribution is -0.147. The number of carbonyl (C=O) groups is 4. The maximum absolute atomic E-state index is 12.7. The van der Waals surface area contributed by atoms with Crippen LogP contribution in [0.25, 0.3) is 0 Å². The molecule has 1 aromatic carbocycles. The highest BCUT2D eigenvalue weighted by Gasteiger charge is 2.49. The molecule has 1 aliphatic heterocycles. The molecule has 2 rings (SSSR count). The van der Waals surface area contributed by atoms with Crippen LogP contribution in [0.15, 0.2) is 18.2 Å². The summed E-state index contributed by atoms with van der Waals surface area (Å²) in [4.78, 5) is 50.9. The van der Waals surface area contributed by atoms with Gasteiger partial charge in [0.1, 0.15) is 6.04 Å². The normalized spacial score (nSPS) is 17.5. The van der Waals surface area contributed by atoms with Gasteiger partial charge in [-0.1, -0.05) is 37.0 Å². The molecule has 3 atom stereocenters. The van der Waals surface area contributed by atoms with Crippen LogP contribution in [0.4, 0.5) is 0 Å². The van der Waals surface area contributed by atoms with Crippen molar-refractivity contribution in [2.75, 3.05) is 33.9 Å². The Hall–Kier alpha value is -2.34. The summed E-state index contributed by atoms with van der Waals surface area (Å²) >= 11 is 12.0. The molecule has 1 aliphatic rings. The van der Waals surface area contributed by atoms with Gasteiger partial charge in [-0.25, -0.2) is 0 Å². The third-order valence-electron chi connectivity index (χ3n) is 5.65. The number of benzene rings is 1. The number of ether oxygens (including phenoxy) is 2. The summed E-state index contributed by atoms with van der Waals surface area (Å²) in [7, 11) is 2.27. The number of nitrogens with zero attached hydrogens (tertiary/aromatic N) is 1. The molecule has 2 amide bonds. The van der Waals surface area contributed by atoms with Gasteiger partial charge < -0.3 is 24.8 Å². The van der Waals surface area contributed by atoms with Crippen molar-refractivity contribution >= 4 is 54.0 Å². The van der Waals surface area contributed by atoms with E-state index < -0.39 is 48.7 Å². The van der Waals surface area contributed by atoms with Crippen LogP contribution in [0.3, 0.4) is 0 Å². The van der Waals surface area contributed by atoms with Gasteiger partial charge in [-0.15, -0.1) is 0 Å². The van der Waals surface area contributed by atoms with Crippen molar-refractivity contribution in [3.05, 3.63) is 33.8 Å². The summed E-state index contributed by atoms with van der Waals surface area (Å²) in [6.07, 6.45) is 0.523. The van der Waals surface area contributed by atoms with E-state index in [1.165, 1.54) is 19.2 Å². The minimum Gasteiger partial charge on any atom is -0.517 e. The highest BCUT2D eigenvalue weighted by atomic mass is 35.5. The van der Waals surface area contributed by atoms with E-state index in [9.17, 15) is 19.2 Å². The summed E-state index contributed by atoms with van der Waals surface area (Å²) in [5.41, 5.74) is 0.157. The molecule has 1 heterocycles. The smallest absolute Gasteiger partial charge is 0.475 e. The Balaban J connectivity index is 1.97. The first-order valence-corrected chi connectivity index (χ1v) is 12.3. The van der Waals surface area contributed by atoms with Crippen LogP contribution in [-0.4, -0.2) is 81.5 Å². The van der Waals surface area contributed by atoms with Gasteiger partial charge in [0.15, 0.2) is 0 Å². The van der Waals surface area contributed by atoms with Crippen molar-refractivity contribution < 1.29 is 33.3 Å². The molecular formula is C23H32BCl2N3O7. The average molecular weight is 544 g/mol. The Labute approximate surface area is 221 Å². The molecule has 0 unspecified atom stereocenters. The maximum Gasteiger partial charge on any atom is 0.475 e. The first kappa shape index (κ1) is 29.9. The van der Waals surface area contributed by atoms with Crippen LogP contribution in [0.1, 0.15) is 37.6 Å². The molecule has 198 valence electrons. The summed E-state index contributed by atoms with van der Waals surface area (Å²) in [5.74, 6) is -2.71. The molecule has 13 heteroatoms. The minimum atomic E-state index is -0.728. The van der Waals surface area contributed by atoms with Crippen molar-refractivity contribution in [2.24, 2.45) is 11.8 Å². The molecule has 0 aliphatic carbocycles. The lowest BCUT2D eigenvalue weighted by Crippen LogP contribution is -2.56. The summed E-state index contributed by atoms with van der Waals surface area (Å²) in [6, 6.07) is 3.77. The quantitative estimate of drug-likeness (QED) is 0.303. The Morgan fingerprint density at radius 2 is 1.92 bits per heavy atom. The highest BCUT2D eigenvalue weighted by Crippen LogP contribution is 2.21. The number of methoxy groups -OCH3 is 1. The zero-order chi connectivity index (χ0) is 27.0. The number of amides is 2. The molecule has 2 N–H and O–H groups in total. The second-order valence-corrected chi connectivity index (χ2v) is 9.92. The van der Waals surface area contributed by atoms with Crippen molar-refractivity contribution in [1.29, 1.82) is 0 Å². The molecule has 10 nitrogen and oxygen atoms in total. The topological polar surface area (TPSA) is 123 Å². The van der Waals surface area contributed by atoms with Crippen molar-refractivity contribution in [1.82, 2.24) is 15.4 Å². The van der Waals surface area contributed by atoms with Crippen molar-refractivity contribution in [3.8, 4) is 0 Å². The van der Waals surface area contributed by atoms with E-state index in [1.807, 2.05) is 13.8 Å². The summed E-state index contributed by atoms with van der Waals surface area (Å²) in [6.45, 7) is 5.43. The van der Waals surface area contributed by atoms with Gasteiger partial charge in [0.05, 0.1) is 49.3 Å². The predicted octanol–water partition coefficient (Wildman–Crippen LogP) is 1.96.